The van der Waals surface area contributed by atoms with Gasteiger partial charge in [0.25, 0.3) is 0 Å². The third-order valence-corrected chi connectivity index (χ3v) is 2.54. The Labute approximate surface area is 90.9 Å². The van der Waals surface area contributed by atoms with E-state index in [1.807, 2.05) is 12.3 Å². The quantitative estimate of drug-likeness (QED) is 0.780. The fourth-order valence-corrected chi connectivity index (χ4v) is 1.80. The standard InChI is InChI=1S/C13H16N2/c1-2-6-12-11-15(10-9-14-12)13-7-4-3-5-8-13/h3-5,7-10H,2,6,11H2,1H3/p+1. The highest BCUT2D eigenvalue weighted by Crippen LogP contribution is 2.13. The Balaban J connectivity index is 2.09. The minimum absolute atomic E-state index is 0.981. The van der Waals surface area contributed by atoms with E-state index in [2.05, 4.69) is 47.3 Å². The highest BCUT2D eigenvalue weighted by atomic mass is 15.1. The molecule has 0 atom stereocenters. The Hall–Kier alpha value is -1.57. The molecule has 0 aromatic heterocycles. The van der Waals surface area contributed by atoms with Crippen molar-refractivity contribution in [1.82, 2.24) is 0 Å². The summed E-state index contributed by atoms with van der Waals surface area (Å²) in [6.45, 7) is 3.19. The van der Waals surface area contributed by atoms with E-state index >= 15 is 0 Å². The molecular formula is C13H17N2+. The molecule has 0 bridgehead atoms. The Morgan fingerprint density at radius 3 is 2.80 bits per heavy atom. The van der Waals surface area contributed by atoms with E-state index in [0.717, 1.165) is 13.0 Å². The van der Waals surface area contributed by atoms with Gasteiger partial charge in [0.15, 0.2) is 11.9 Å². The zero-order valence-corrected chi connectivity index (χ0v) is 9.11. The van der Waals surface area contributed by atoms with Crippen LogP contribution in [0.5, 0.6) is 0 Å². The summed E-state index contributed by atoms with van der Waals surface area (Å²) in [5, 5.41) is 0. The summed E-state index contributed by atoms with van der Waals surface area (Å²) in [5.41, 5.74) is 2.65. The molecule has 2 nitrogen and oxygen atoms in total. The first-order valence-electron chi connectivity index (χ1n) is 5.49. The Morgan fingerprint density at radius 2 is 2.07 bits per heavy atom. The summed E-state index contributed by atoms with van der Waals surface area (Å²) in [6.07, 6.45) is 6.45. The van der Waals surface area contributed by atoms with Crippen molar-refractivity contribution in [3.8, 4) is 0 Å². The molecule has 0 saturated carbocycles. The highest BCUT2D eigenvalue weighted by Gasteiger charge is 2.14. The normalized spacial score (nSPS) is 15.3. The monoisotopic (exact) mass is 201 g/mol. The van der Waals surface area contributed by atoms with Crippen LogP contribution in [0.1, 0.15) is 19.8 Å². The number of anilines is 1. The Kier molecular flexibility index (Phi) is 3.18. The van der Waals surface area contributed by atoms with Crippen molar-refractivity contribution < 1.29 is 4.99 Å². The molecule has 78 valence electrons. The molecule has 0 spiro atoms. The average molecular weight is 201 g/mol. The lowest BCUT2D eigenvalue weighted by Gasteiger charge is -2.20. The third kappa shape index (κ3) is 2.46. The van der Waals surface area contributed by atoms with E-state index in [1.165, 1.54) is 17.8 Å². The first kappa shape index (κ1) is 9.97. The van der Waals surface area contributed by atoms with Gasteiger partial charge in [-0.3, -0.25) is 0 Å². The predicted octanol–water partition coefficient (Wildman–Crippen LogP) is 1.30. The van der Waals surface area contributed by atoms with E-state index in [1.54, 1.807) is 0 Å². The Morgan fingerprint density at radius 1 is 1.27 bits per heavy atom. The second kappa shape index (κ2) is 4.78. The van der Waals surface area contributed by atoms with Crippen LogP contribution in [0.3, 0.4) is 0 Å². The van der Waals surface area contributed by atoms with Crippen LogP contribution in [-0.2, 0) is 0 Å². The summed E-state index contributed by atoms with van der Waals surface area (Å²) in [5.74, 6) is 0. The summed E-state index contributed by atoms with van der Waals surface area (Å²) in [6, 6.07) is 10.5. The van der Waals surface area contributed by atoms with Gasteiger partial charge in [0.2, 0.25) is 0 Å². The van der Waals surface area contributed by atoms with Gasteiger partial charge in [-0.1, -0.05) is 25.1 Å². The molecule has 1 aromatic rings. The van der Waals surface area contributed by atoms with Crippen molar-refractivity contribution in [2.75, 3.05) is 11.4 Å². The summed E-state index contributed by atoms with van der Waals surface area (Å²) >= 11 is 0. The van der Waals surface area contributed by atoms with Crippen molar-refractivity contribution in [2.45, 2.75) is 19.8 Å². The van der Waals surface area contributed by atoms with Crippen molar-refractivity contribution in [3.05, 3.63) is 42.7 Å². The van der Waals surface area contributed by atoms with Crippen molar-refractivity contribution in [2.24, 2.45) is 0 Å². The molecule has 0 saturated heterocycles. The lowest BCUT2D eigenvalue weighted by Crippen LogP contribution is -2.70. The molecule has 2 heteroatoms. The number of nitrogens with one attached hydrogen (secondary N) is 1. The van der Waals surface area contributed by atoms with E-state index in [9.17, 15) is 0 Å². The molecule has 1 aliphatic rings. The molecule has 1 aliphatic heterocycles. The maximum absolute atomic E-state index is 3.31. The van der Waals surface area contributed by atoms with E-state index in [0.29, 0.717) is 0 Å². The van der Waals surface area contributed by atoms with Crippen LogP contribution in [0.15, 0.2) is 42.7 Å². The van der Waals surface area contributed by atoms with Gasteiger partial charge in [0.1, 0.15) is 6.54 Å². The van der Waals surface area contributed by atoms with Gasteiger partial charge in [0, 0.05) is 12.1 Å². The van der Waals surface area contributed by atoms with Crippen LogP contribution < -0.4 is 9.89 Å². The highest BCUT2D eigenvalue weighted by molar-refractivity contribution is 5.85. The summed E-state index contributed by atoms with van der Waals surface area (Å²) < 4.78 is 0. The van der Waals surface area contributed by atoms with E-state index in [-0.39, 0.29) is 0 Å². The van der Waals surface area contributed by atoms with Crippen LogP contribution in [0.25, 0.3) is 0 Å². The average Bonchev–Trinajstić information content (AvgIpc) is 2.31. The zero-order chi connectivity index (χ0) is 10.5. The number of hydrogen-bond acceptors (Lipinski definition) is 1. The minimum Gasteiger partial charge on any atom is -0.332 e. The topological polar surface area (TPSA) is 17.2 Å². The number of benzene rings is 1. The molecule has 2 rings (SSSR count). The second-order valence-corrected chi connectivity index (χ2v) is 3.78. The fourth-order valence-electron chi connectivity index (χ4n) is 1.80. The second-order valence-electron chi connectivity index (χ2n) is 3.78. The number of rotatable bonds is 3. The SMILES string of the molecule is CCCC1=[NH+]C=CN(c2ccccc2)C1. The molecule has 1 aromatic carbocycles. The third-order valence-electron chi connectivity index (χ3n) is 2.54. The molecule has 1 N–H and O–H groups in total. The maximum atomic E-state index is 3.31. The predicted molar refractivity (Wildman–Crippen MR) is 63.8 cm³/mol. The summed E-state index contributed by atoms with van der Waals surface area (Å²) in [7, 11) is 0. The van der Waals surface area contributed by atoms with Crippen LogP contribution in [0, 0.1) is 0 Å². The molecule has 0 radical (unpaired) electrons. The molecule has 0 fully saturated rings. The number of para-hydroxylation sites is 1. The first-order chi connectivity index (χ1) is 7.40. The lowest BCUT2D eigenvalue weighted by molar-refractivity contribution is -0.377. The van der Waals surface area contributed by atoms with Gasteiger partial charge in [-0.15, -0.1) is 0 Å². The number of hydrogen-bond donors (Lipinski definition) is 1. The van der Waals surface area contributed by atoms with Crippen molar-refractivity contribution in [1.29, 1.82) is 0 Å². The smallest absolute Gasteiger partial charge is 0.183 e. The molecule has 15 heavy (non-hydrogen) atoms. The van der Waals surface area contributed by atoms with Crippen LogP contribution in [-0.4, -0.2) is 12.3 Å². The maximum Gasteiger partial charge on any atom is 0.183 e. The number of nitrogens with zero attached hydrogens (tertiary/aromatic N) is 1. The lowest BCUT2D eigenvalue weighted by atomic mass is 10.2. The van der Waals surface area contributed by atoms with E-state index in [4.69, 9.17) is 0 Å². The van der Waals surface area contributed by atoms with Gasteiger partial charge >= 0.3 is 0 Å². The van der Waals surface area contributed by atoms with Crippen LogP contribution >= 0.6 is 0 Å². The summed E-state index contributed by atoms with van der Waals surface area (Å²) in [4.78, 5) is 5.58. The zero-order valence-electron chi connectivity index (χ0n) is 9.11. The Bertz CT molecular complexity index is 365. The molecule has 0 amide bonds. The minimum atomic E-state index is 0.981. The van der Waals surface area contributed by atoms with E-state index < -0.39 is 0 Å². The first-order valence-corrected chi connectivity index (χ1v) is 5.49. The van der Waals surface area contributed by atoms with Crippen molar-refractivity contribution in [3.63, 3.8) is 0 Å². The van der Waals surface area contributed by atoms with Crippen LogP contribution in [0.2, 0.25) is 0 Å². The van der Waals surface area contributed by atoms with Crippen LogP contribution in [0.4, 0.5) is 5.69 Å². The van der Waals surface area contributed by atoms with Crippen molar-refractivity contribution >= 4 is 11.4 Å². The molecule has 0 aliphatic carbocycles. The van der Waals surface area contributed by atoms with Gasteiger partial charge in [-0.2, -0.15) is 0 Å². The largest absolute Gasteiger partial charge is 0.332 e. The van der Waals surface area contributed by atoms with Gasteiger partial charge in [0.05, 0.1) is 6.20 Å². The van der Waals surface area contributed by atoms with Gasteiger partial charge < -0.3 is 4.90 Å². The van der Waals surface area contributed by atoms with Gasteiger partial charge in [-0.05, 0) is 18.6 Å². The van der Waals surface area contributed by atoms with Gasteiger partial charge in [-0.25, -0.2) is 4.99 Å². The fraction of sp³-hybridized carbons (Fsp3) is 0.308. The molecule has 1 heterocycles. The molecular weight excluding hydrogens is 184 g/mol. The molecule has 0 unspecified atom stereocenters.